The van der Waals surface area contributed by atoms with E-state index in [1.54, 1.807) is 20.4 Å². The number of hydrogen-bond acceptors (Lipinski definition) is 4. The molecular weight excluding hydrogens is 388 g/mol. The highest BCUT2D eigenvalue weighted by atomic mass is 35.5. The van der Waals surface area contributed by atoms with Gasteiger partial charge in [-0.3, -0.25) is 9.69 Å². The predicted molar refractivity (Wildman–Crippen MR) is 117 cm³/mol. The quantitative estimate of drug-likeness (QED) is 0.571. The van der Waals surface area contributed by atoms with Crippen molar-refractivity contribution < 1.29 is 13.9 Å². The van der Waals surface area contributed by atoms with E-state index in [2.05, 4.69) is 40.5 Å². The topological polar surface area (TPSA) is 54.7 Å². The number of nitrogens with zero attached hydrogens (tertiary/aromatic N) is 1. The third kappa shape index (κ3) is 6.11. The van der Waals surface area contributed by atoms with Crippen LogP contribution >= 0.6 is 12.4 Å². The lowest BCUT2D eigenvalue weighted by atomic mass is 9.99. The number of carbonyl (C=O) groups is 1. The Kier molecular flexibility index (Phi) is 8.77. The van der Waals surface area contributed by atoms with Gasteiger partial charge in [0.1, 0.15) is 11.5 Å². The maximum Gasteiger partial charge on any atom is 0.233 e. The van der Waals surface area contributed by atoms with Crippen molar-refractivity contribution in [2.45, 2.75) is 13.0 Å². The number of nitrogens with one attached hydrogen (secondary N) is 1. The summed E-state index contributed by atoms with van der Waals surface area (Å²) in [4.78, 5) is 14.0. The van der Waals surface area contributed by atoms with Crippen molar-refractivity contribution in [2.24, 2.45) is 0 Å². The number of rotatable bonds is 9. The number of para-hydroxylation sites is 1. The Morgan fingerprint density at radius 3 is 2.52 bits per heavy atom. The van der Waals surface area contributed by atoms with Gasteiger partial charge in [-0.15, -0.1) is 12.4 Å². The van der Waals surface area contributed by atoms with Crippen molar-refractivity contribution in [2.75, 3.05) is 27.2 Å². The molecule has 0 bridgehead atoms. The summed E-state index contributed by atoms with van der Waals surface area (Å²) >= 11 is 0. The zero-order chi connectivity index (χ0) is 19.8. The summed E-state index contributed by atoms with van der Waals surface area (Å²) in [5.41, 5.74) is 3.31. The van der Waals surface area contributed by atoms with Gasteiger partial charge in [0.2, 0.25) is 5.91 Å². The van der Waals surface area contributed by atoms with Crippen molar-refractivity contribution in [1.82, 2.24) is 10.2 Å². The molecule has 0 saturated heterocycles. The summed E-state index contributed by atoms with van der Waals surface area (Å²) in [6.07, 6.45) is 2.42. The lowest BCUT2D eigenvalue weighted by Gasteiger charge is -2.21. The van der Waals surface area contributed by atoms with Crippen LogP contribution in [0.2, 0.25) is 0 Å². The molecule has 0 atom stereocenters. The third-order valence-corrected chi connectivity index (χ3v) is 4.69. The van der Waals surface area contributed by atoms with Crippen molar-refractivity contribution in [1.29, 1.82) is 0 Å². The zero-order valence-electron chi connectivity index (χ0n) is 16.8. The van der Waals surface area contributed by atoms with E-state index in [0.717, 1.165) is 34.6 Å². The van der Waals surface area contributed by atoms with Crippen LogP contribution in [0.4, 0.5) is 0 Å². The number of ether oxygens (including phenoxy) is 1. The third-order valence-electron chi connectivity index (χ3n) is 4.69. The number of benzene rings is 2. The fraction of sp³-hybridized carbons (Fsp3) is 0.261. The molecule has 0 aliphatic heterocycles. The van der Waals surface area contributed by atoms with E-state index in [1.807, 2.05) is 30.3 Å². The van der Waals surface area contributed by atoms with Crippen LogP contribution in [0.15, 0.2) is 71.3 Å². The molecule has 2 aromatic carbocycles. The highest BCUT2D eigenvalue weighted by molar-refractivity contribution is 5.85. The van der Waals surface area contributed by atoms with Gasteiger partial charge in [-0.1, -0.05) is 48.5 Å². The highest BCUT2D eigenvalue weighted by Gasteiger charge is 2.15. The molecule has 5 nitrogen and oxygen atoms in total. The minimum atomic E-state index is -0.0171. The van der Waals surface area contributed by atoms with Gasteiger partial charge in [-0.25, -0.2) is 0 Å². The van der Waals surface area contributed by atoms with Crippen LogP contribution in [-0.4, -0.2) is 38.1 Å². The first-order chi connectivity index (χ1) is 13.7. The molecule has 1 amide bonds. The SMILES string of the molecule is CNC(=O)CN(CCc1cccc(-c2ccccc2)c1OC)Cc1ccco1.Cl. The summed E-state index contributed by atoms with van der Waals surface area (Å²) in [7, 11) is 3.36. The highest BCUT2D eigenvalue weighted by Crippen LogP contribution is 2.33. The van der Waals surface area contributed by atoms with E-state index in [4.69, 9.17) is 9.15 Å². The molecule has 1 heterocycles. The molecule has 0 aliphatic carbocycles. The molecule has 0 unspecified atom stereocenters. The second-order valence-corrected chi connectivity index (χ2v) is 6.58. The van der Waals surface area contributed by atoms with Crippen molar-refractivity contribution in [3.05, 3.63) is 78.3 Å². The monoisotopic (exact) mass is 414 g/mol. The first-order valence-electron chi connectivity index (χ1n) is 9.38. The smallest absolute Gasteiger partial charge is 0.233 e. The maximum absolute atomic E-state index is 11.9. The Bertz CT molecular complexity index is 882. The van der Waals surface area contributed by atoms with Gasteiger partial charge in [0.05, 0.1) is 26.5 Å². The number of halogens is 1. The Morgan fingerprint density at radius 1 is 1.07 bits per heavy atom. The Hall–Kier alpha value is -2.76. The molecule has 0 radical (unpaired) electrons. The van der Waals surface area contributed by atoms with Gasteiger partial charge in [-0.2, -0.15) is 0 Å². The molecule has 1 aromatic heterocycles. The number of furan rings is 1. The molecule has 0 spiro atoms. The van der Waals surface area contributed by atoms with Gasteiger partial charge < -0.3 is 14.5 Å². The molecular formula is C23H27ClN2O3. The molecule has 6 heteroatoms. The van der Waals surface area contributed by atoms with Gasteiger partial charge >= 0.3 is 0 Å². The van der Waals surface area contributed by atoms with E-state index in [0.29, 0.717) is 19.6 Å². The van der Waals surface area contributed by atoms with Crippen LogP contribution in [0.25, 0.3) is 11.1 Å². The lowest BCUT2D eigenvalue weighted by Crippen LogP contribution is -2.36. The number of carbonyl (C=O) groups excluding carboxylic acids is 1. The van der Waals surface area contributed by atoms with Crippen LogP contribution < -0.4 is 10.1 Å². The Labute approximate surface area is 178 Å². The minimum absolute atomic E-state index is 0. The van der Waals surface area contributed by atoms with E-state index in [9.17, 15) is 4.79 Å². The van der Waals surface area contributed by atoms with Crippen LogP contribution in [0.3, 0.4) is 0 Å². The van der Waals surface area contributed by atoms with Gasteiger partial charge in [0.25, 0.3) is 0 Å². The molecule has 29 heavy (non-hydrogen) atoms. The van der Waals surface area contributed by atoms with Crippen molar-refractivity contribution >= 4 is 18.3 Å². The average molecular weight is 415 g/mol. The first-order valence-corrected chi connectivity index (χ1v) is 9.38. The van der Waals surface area contributed by atoms with Crippen molar-refractivity contribution in [3.8, 4) is 16.9 Å². The van der Waals surface area contributed by atoms with Gasteiger partial charge in [0.15, 0.2) is 0 Å². The molecule has 3 rings (SSSR count). The molecule has 0 saturated carbocycles. The van der Waals surface area contributed by atoms with Crippen LogP contribution in [-0.2, 0) is 17.8 Å². The Morgan fingerprint density at radius 2 is 1.86 bits per heavy atom. The predicted octanol–water partition coefficient (Wildman–Crippen LogP) is 4.17. The summed E-state index contributed by atoms with van der Waals surface area (Å²) in [5.74, 6) is 1.71. The minimum Gasteiger partial charge on any atom is -0.496 e. The summed E-state index contributed by atoms with van der Waals surface area (Å²) in [5, 5.41) is 2.69. The van der Waals surface area contributed by atoms with Crippen molar-refractivity contribution in [3.63, 3.8) is 0 Å². The second kappa shape index (κ2) is 11.3. The largest absolute Gasteiger partial charge is 0.496 e. The van der Waals surface area contributed by atoms with Gasteiger partial charge in [0, 0.05) is 19.2 Å². The number of hydrogen-bond donors (Lipinski definition) is 1. The summed E-state index contributed by atoms with van der Waals surface area (Å²) in [6, 6.07) is 20.2. The van der Waals surface area contributed by atoms with Crippen LogP contribution in [0.1, 0.15) is 11.3 Å². The van der Waals surface area contributed by atoms with Crippen LogP contribution in [0.5, 0.6) is 5.75 Å². The number of methoxy groups -OCH3 is 1. The molecule has 0 aliphatic rings. The summed E-state index contributed by atoms with van der Waals surface area (Å²) < 4.78 is 11.2. The zero-order valence-corrected chi connectivity index (χ0v) is 17.6. The van der Waals surface area contributed by atoms with E-state index < -0.39 is 0 Å². The van der Waals surface area contributed by atoms with E-state index in [-0.39, 0.29) is 18.3 Å². The summed E-state index contributed by atoms with van der Waals surface area (Å²) in [6.45, 7) is 1.61. The Balaban J connectivity index is 0.00000300. The van der Waals surface area contributed by atoms with Gasteiger partial charge in [-0.05, 0) is 29.7 Å². The average Bonchev–Trinajstić information content (AvgIpc) is 3.25. The normalized spacial score (nSPS) is 10.4. The van der Waals surface area contributed by atoms with E-state index in [1.165, 1.54) is 0 Å². The molecule has 1 N–H and O–H groups in total. The number of amides is 1. The standard InChI is InChI=1S/C23H26N2O3.ClH/c1-24-22(26)17-25(16-20-11-7-15-28-20)14-13-19-10-6-12-21(23(19)27-2)18-8-4-3-5-9-18;/h3-12,15H,13-14,16-17H2,1-2H3,(H,24,26);1H. The molecule has 154 valence electrons. The first kappa shape index (κ1) is 22.5. The maximum atomic E-state index is 11.9. The number of likely N-dealkylation sites (N-methyl/N-ethyl adjacent to an activating group) is 1. The molecule has 3 aromatic rings. The van der Waals surface area contributed by atoms with Crippen LogP contribution in [0, 0.1) is 0 Å². The van der Waals surface area contributed by atoms with E-state index >= 15 is 0 Å². The lowest BCUT2D eigenvalue weighted by molar-refractivity contribution is -0.121. The fourth-order valence-corrected chi connectivity index (χ4v) is 3.27. The fourth-order valence-electron chi connectivity index (χ4n) is 3.27. The second-order valence-electron chi connectivity index (χ2n) is 6.58. The molecule has 0 fully saturated rings.